The molecule has 128 valence electrons. The van der Waals surface area contributed by atoms with Crippen molar-refractivity contribution >= 4 is 5.82 Å². The second-order valence-corrected chi connectivity index (χ2v) is 5.86. The van der Waals surface area contributed by atoms with Crippen molar-refractivity contribution in [1.29, 1.82) is 0 Å². The Bertz CT molecular complexity index is 647. The molecule has 0 spiro atoms. The maximum atomic E-state index is 14.5. The molecule has 1 saturated heterocycles. The smallest absolute Gasteiger partial charge is 0.186 e. The minimum atomic E-state index is -0.358. The van der Waals surface area contributed by atoms with Gasteiger partial charge >= 0.3 is 0 Å². The Hall–Kier alpha value is -2.05. The van der Waals surface area contributed by atoms with Gasteiger partial charge < -0.3 is 10.1 Å². The Balaban J connectivity index is 1.82. The molecule has 1 N–H and O–H groups in total. The highest BCUT2D eigenvalue weighted by Crippen LogP contribution is 2.22. The maximum absolute atomic E-state index is 14.5. The highest BCUT2D eigenvalue weighted by Gasteiger charge is 2.20. The van der Waals surface area contributed by atoms with E-state index in [1.807, 2.05) is 25.1 Å². The van der Waals surface area contributed by atoms with Crippen LogP contribution in [0.25, 0.3) is 0 Å². The lowest BCUT2D eigenvalue weighted by atomic mass is 10.1. The maximum Gasteiger partial charge on any atom is 0.186 e. The van der Waals surface area contributed by atoms with Crippen LogP contribution in [0, 0.1) is 5.82 Å². The molecule has 1 aliphatic rings. The number of hydrogen-bond donors (Lipinski definition) is 1. The van der Waals surface area contributed by atoms with Crippen molar-refractivity contribution in [3.63, 3.8) is 0 Å². The van der Waals surface area contributed by atoms with Crippen molar-refractivity contribution in [3.05, 3.63) is 53.7 Å². The number of nitrogens with zero attached hydrogens (tertiary/aromatic N) is 3. The predicted molar refractivity (Wildman–Crippen MR) is 91.4 cm³/mol. The van der Waals surface area contributed by atoms with E-state index >= 15 is 0 Å². The fourth-order valence-corrected chi connectivity index (χ4v) is 2.88. The van der Waals surface area contributed by atoms with E-state index in [2.05, 4.69) is 32.3 Å². The van der Waals surface area contributed by atoms with Gasteiger partial charge in [-0.3, -0.25) is 4.90 Å². The van der Waals surface area contributed by atoms with Crippen LogP contribution in [-0.4, -0.2) is 47.7 Å². The number of aromatic nitrogens is 2. The zero-order valence-corrected chi connectivity index (χ0v) is 13.9. The summed E-state index contributed by atoms with van der Waals surface area (Å²) in [5, 5.41) is 3.28. The van der Waals surface area contributed by atoms with Crippen molar-refractivity contribution < 1.29 is 9.13 Å². The second-order valence-electron chi connectivity index (χ2n) is 5.86. The SMILES string of the molecule is CCc1ncnc(NC(CN2CCOCC2)c2ccccc2)c1F. The summed E-state index contributed by atoms with van der Waals surface area (Å²) in [6, 6.07) is 10.0. The summed E-state index contributed by atoms with van der Waals surface area (Å²) in [6.45, 7) is 5.91. The minimum absolute atomic E-state index is 0.0431. The molecule has 0 saturated carbocycles. The number of nitrogens with one attached hydrogen (secondary N) is 1. The van der Waals surface area contributed by atoms with Gasteiger partial charge in [0.15, 0.2) is 11.6 Å². The first kappa shape index (κ1) is 16.8. The molecule has 3 rings (SSSR count). The van der Waals surface area contributed by atoms with Crippen LogP contribution in [0.1, 0.15) is 24.2 Å². The highest BCUT2D eigenvalue weighted by atomic mass is 19.1. The quantitative estimate of drug-likeness (QED) is 0.882. The molecule has 6 heteroatoms. The Morgan fingerprint density at radius 1 is 1.21 bits per heavy atom. The molecule has 1 aromatic carbocycles. The molecule has 5 nitrogen and oxygen atoms in total. The Morgan fingerprint density at radius 2 is 1.96 bits per heavy atom. The van der Waals surface area contributed by atoms with Gasteiger partial charge in [0.25, 0.3) is 0 Å². The summed E-state index contributed by atoms with van der Waals surface area (Å²) in [4.78, 5) is 10.4. The molecule has 1 unspecified atom stereocenters. The fraction of sp³-hybridized carbons (Fsp3) is 0.444. The van der Waals surface area contributed by atoms with Gasteiger partial charge in [-0.2, -0.15) is 0 Å². The highest BCUT2D eigenvalue weighted by molar-refractivity contribution is 5.41. The molecule has 1 aliphatic heterocycles. The van der Waals surface area contributed by atoms with E-state index in [0.717, 1.165) is 38.4 Å². The van der Waals surface area contributed by atoms with Gasteiger partial charge in [-0.25, -0.2) is 14.4 Å². The molecule has 2 heterocycles. The Morgan fingerprint density at radius 3 is 2.67 bits per heavy atom. The Kier molecular flexibility index (Phi) is 5.72. The van der Waals surface area contributed by atoms with Crippen LogP contribution in [0.3, 0.4) is 0 Å². The van der Waals surface area contributed by atoms with E-state index in [9.17, 15) is 4.39 Å². The van der Waals surface area contributed by atoms with E-state index in [0.29, 0.717) is 12.1 Å². The molecule has 2 aromatic rings. The van der Waals surface area contributed by atoms with E-state index < -0.39 is 0 Å². The van der Waals surface area contributed by atoms with E-state index in [1.54, 1.807) is 0 Å². The van der Waals surface area contributed by atoms with Crippen molar-refractivity contribution in [2.75, 3.05) is 38.2 Å². The zero-order valence-electron chi connectivity index (χ0n) is 13.9. The molecule has 0 bridgehead atoms. The first-order chi connectivity index (χ1) is 11.8. The summed E-state index contributed by atoms with van der Waals surface area (Å²) in [6.07, 6.45) is 1.96. The number of aryl methyl sites for hydroxylation is 1. The third kappa shape index (κ3) is 4.07. The van der Waals surface area contributed by atoms with Gasteiger partial charge in [0.05, 0.1) is 24.9 Å². The van der Waals surface area contributed by atoms with Crippen LogP contribution in [0.15, 0.2) is 36.7 Å². The molecular formula is C18H23FN4O. The molecule has 0 aliphatic carbocycles. The van der Waals surface area contributed by atoms with Crippen molar-refractivity contribution in [2.24, 2.45) is 0 Å². The van der Waals surface area contributed by atoms with E-state index in [1.165, 1.54) is 6.33 Å². The minimum Gasteiger partial charge on any atom is -0.379 e. The van der Waals surface area contributed by atoms with Crippen molar-refractivity contribution in [2.45, 2.75) is 19.4 Å². The monoisotopic (exact) mass is 330 g/mol. The fourth-order valence-electron chi connectivity index (χ4n) is 2.88. The second kappa shape index (κ2) is 8.17. The molecular weight excluding hydrogens is 307 g/mol. The third-order valence-electron chi connectivity index (χ3n) is 4.25. The molecule has 0 radical (unpaired) electrons. The Labute approximate surface area is 141 Å². The van der Waals surface area contributed by atoms with E-state index in [-0.39, 0.29) is 17.7 Å². The number of ether oxygens (including phenoxy) is 1. The van der Waals surface area contributed by atoms with Crippen LogP contribution in [0.2, 0.25) is 0 Å². The van der Waals surface area contributed by atoms with Crippen molar-refractivity contribution in [3.8, 4) is 0 Å². The van der Waals surface area contributed by atoms with Gasteiger partial charge in [-0.15, -0.1) is 0 Å². The van der Waals surface area contributed by atoms with Gasteiger partial charge in [0.1, 0.15) is 6.33 Å². The van der Waals surface area contributed by atoms with Crippen molar-refractivity contribution in [1.82, 2.24) is 14.9 Å². The molecule has 0 amide bonds. The van der Waals surface area contributed by atoms with Gasteiger partial charge in [-0.1, -0.05) is 37.3 Å². The van der Waals surface area contributed by atoms with Crippen LogP contribution in [0.4, 0.5) is 10.2 Å². The number of hydrogen-bond acceptors (Lipinski definition) is 5. The standard InChI is InChI=1S/C18H23FN4O/c1-2-15-17(19)18(21-13-20-15)22-16(14-6-4-3-5-7-14)12-23-8-10-24-11-9-23/h3-7,13,16H,2,8-12H2,1H3,(H,20,21,22). The van der Waals surface area contributed by atoms with Gasteiger partial charge in [0.2, 0.25) is 0 Å². The summed E-state index contributed by atoms with van der Waals surface area (Å²) < 4.78 is 19.9. The largest absolute Gasteiger partial charge is 0.379 e. The number of rotatable bonds is 6. The third-order valence-corrected chi connectivity index (χ3v) is 4.25. The van der Waals surface area contributed by atoms with Gasteiger partial charge in [-0.05, 0) is 12.0 Å². The van der Waals surface area contributed by atoms with Crippen LogP contribution < -0.4 is 5.32 Å². The first-order valence-corrected chi connectivity index (χ1v) is 8.39. The molecule has 1 atom stereocenters. The van der Waals surface area contributed by atoms with Crippen LogP contribution in [-0.2, 0) is 11.2 Å². The zero-order chi connectivity index (χ0) is 16.8. The summed E-state index contributed by atoms with van der Waals surface area (Å²) in [7, 11) is 0. The summed E-state index contributed by atoms with van der Waals surface area (Å²) >= 11 is 0. The number of benzene rings is 1. The first-order valence-electron chi connectivity index (χ1n) is 8.39. The van der Waals surface area contributed by atoms with E-state index in [4.69, 9.17) is 4.74 Å². The van der Waals surface area contributed by atoms with Crippen LogP contribution >= 0.6 is 0 Å². The topological polar surface area (TPSA) is 50.3 Å². The number of anilines is 1. The predicted octanol–water partition coefficient (Wildman–Crippen LogP) is 2.66. The average molecular weight is 330 g/mol. The lowest BCUT2D eigenvalue weighted by Crippen LogP contribution is -2.40. The summed E-state index contributed by atoms with van der Waals surface area (Å²) in [5.41, 5.74) is 1.55. The molecule has 1 aromatic heterocycles. The lowest BCUT2D eigenvalue weighted by molar-refractivity contribution is 0.0360. The van der Waals surface area contributed by atoms with Crippen LogP contribution in [0.5, 0.6) is 0 Å². The average Bonchev–Trinajstić information content (AvgIpc) is 2.64. The normalized spacial score (nSPS) is 16.8. The molecule has 1 fully saturated rings. The van der Waals surface area contributed by atoms with Gasteiger partial charge in [0, 0.05) is 19.6 Å². The summed E-state index contributed by atoms with van der Waals surface area (Å²) in [5.74, 6) is -0.0909. The lowest BCUT2D eigenvalue weighted by Gasteiger charge is -2.31. The molecule has 24 heavy (non-hydrogen) atoms. The number of halogens is 1. The number of morpholine rings is 1.